The maximum absolute atomic E-state index is 11.6. The third kappa shape index (κ3) is 1.95. The lowest BCUT2D eigenvalue weighted by Gasteiger charge is -2.24. The molecule has 1 unspecified atom stereocenters. The molecule has 86 valence electrons. The van der Waals surface area contributed by atoms with E-state index < -0.39 is 28.1 Å². The quantitative estimate of drug-likeness (QED) is 0.669. The van der Waals surface area contributed by atoms with Crippen molar-refractivity contribution in [3.63, 3.8) is 0 Å². The molecule has 1 heterocycles. The van der Waals surface area contributed by atoms with Crippen molar-refractivity contribution in [3.05, 3.63) is 0 Å². The SMILES string of the molecule is CN(C)S(=O)(=O)N1C(=O)CCC1C(=O)O. The van der Waals surface area contributed by atoms with Gasteiger partial charge in [0.1, 0.15) is 6.04 Å². The van der Waals surface area contributed by atoms with Gasteiger partial charge in [-0.25, -0.2) is 9.10 Å². The van der Waals surface area contributed by atoms with Crippen LogP contribution >= 0.6 is 0 Å². The Balaban J connectivity index is 3.11. The zero-order valence-electron chi connectivity index (χ0n) is 8.37. The molecule has 1 fully saturated rings. The van der Waals surface area contributed by atoms with Crippen LogP contribution in [0.1, 0.15) is 12.8 Å². The smallest absolute Gasteiger partial charge is 0.327 e. The molecule has 1 atom stereocenters. The Morgan fingerprint density at radius 3 is 2.47 bits per heavy atom. The average molecular weight is 236 g/mol. The van der Waals surface area contributed by atoms with Gasteiger partial charge in [-0.2, -0.15) is 12.7 Å². The summed E-state index contributed by atoms with van der Waals surface area (Å²) < 4.78 is 24.5. The molecule has 0 spiro atoms. The van der Waals surface area contributed by atoms with Gasteiger partial charge in [-0.1, -0.05) is 0 Å². The average Bonchev–Trinajstić information content (AvgIpc) is 2.47. The number of carbonyl (C=O) groups excluding carboxylic acids is 1. The lowest BCUT2D eigenvalue weighted by atomic mass is 10.2. The first-order chi connectivity index (χ1) is 6.78. The van der Waals surface area contributed by atoms with E-state index in [0.717, 1.165) is 4.31 Å². The molecule has 15 heavy (non-hydrogen) atoms. The van der Waals surface area contributed by atoms with Gasteiger partial charge in [-0.15, -0.1) is 0 Å². The Morgan fingerprint density at radius 1 is 1.53 bits per heavy atom. The van der Waals surface area contributed by atoms with Gasteiger partial charge in [0.25, 0.3) is 0 Å². The van der Waals surface area contributed by atoms with Crippen LogP contribution in [-0.2, 0) is 19.8 Å². The minimum absolute atomic E-state index is 0.0290. The highest BCUT2D eigenvalue weighted by atomic mass is 32.2. The van der Waals surface area contributed by atoms with Gasteiger partial charge < -0.3 is 5.11 Å². The fourth-order valence-corrected chi connectivity index (χ4v) is 2.57. The van der Waals surface area contributed by atoms with E-state index in [2.05, 4.69) is 0 Å². The highest BCUT2D eigenvalue weighted by Crippen LogP contribution is 2.23. The molecule has 0 aliphatic carbocycles. The van der Waals surface area contributed by atoms with Gasteiger partial charge in [-0.05, 0) is 6.42 Å². The third-order valence-corrected chi connectivity index (χ3v) is 4.03. The second kappa shape index (κ2) is 3.78. The van der Waals surface area contributed by atoms with E-state index in [1.165, 1.54) is 14.1 Å². The Hall–Kier alpha value is -1.15. The van der Waals surface area contributed by atoms with Crippen molar-refractivity contribution in [1.29, 1.82) is 0 Å². The number of carboxylic acids is 1. The Labute approximate surface area is 87.5 Å². The maximum Gasteiger partial charge on any atom is 0.327 e. The standard InChI is InChI=1S/C7H12N2O5S/c1-8(2)15(13,14)9-5(7(11)12)3-4-6(9)10/h5H,3-4H2,1-2H3,(H,11,12). The summed E-state index contributed by atoms with van der Waals surface area (Å²) in [5.41, 5.74) is 0. The van der Waals surface area contributed by atoms with E-state index in [1.807, 2.05) is 0 Å². The molecular weight excluding hydrogens is 224 g/mol. The first kappa shape index (κ1) is 11.9. The van der Waals surface area contributed by atoms with E-state index in [-0.39, 0.29) is 12.8 Å². The molecule has 8 heteroatoms. The van der Waals surface area contributed by atoms with Crippen molar-refractivity contribution < 1.29 is 23.1 Å². The molecule has 1 N–H and O–H groups in total. The monoisotopic (exact) mass is 236 g/mol. The molecule has 0 saturated carbocycles. The predicted octanol–water partition coefficient (Wildman–Crippen LogP) is -1.13. The van der Waals surface area contributed by atoms with Crippen LogP contribution < -0.4 is 0 Å². The number of carbonyl (C=O) groups is 2. The van der Waals surface area contributed by atoms with Gasteiger partial charge in [-0.3, -0.25) is 4.79 Å². The van der Waals surface area contributed by atoms with Crippen LogP contribution in [0.5, 0.6) is 0 Å². The van der Waals surface area contributed by atoms with E-state index in [4.69, 9.17) is 5.11 Å². The van der Waals surface area contributed by atoms with E-state index in [0.29, 0.717) is 4.31 Å². The van der Waals surface area contributed by atoms with Crippen LogP contribution in [0.15, 0.2) is 0 Å². The highest BCUT2D eigenvalue weighted by molar-refractivity contribution is 7.87. The molecule has 1 rings (SSSR count). The summed E-state index contributed by atoms with van der Waals surface area (Å²) in [6.07, 6.45) is -0.0225. The van der Waals surface area contributed by atoms with Gasteiger partial charge in [0.15, 0.2) is 0 Å². The Bertz CT molecular complexity index is 388. The summed E-state index contributed by atoms with van der Waals surface area (Å²) in [5, 5.41) is 8.77. The highest BCUT2D eigenvalue weighted by Gasteiger charge is 2.44. The molecule has 0 radical (unpaired) electrons. The number of carboxylic acid groups (broad SMARTS) is 1. The molecular formula is C7H12N2O5S. The summed E-state index contributed by atoms with van der Waals surface area (Å²) in [4.78, 5) is 22.0. The third-order valence-electron chi connectivity index (χ3n) is 2.16. The first-order valence-corrected chi connectivity index (χ1v) is 5.65. The van der Waals surface area contributed by atoms with Gasteiger partial charge >= 0.3 is 16.2 Å². The summed E-state index contributed by atoms with van der Waals surface area (Å²) in [7, 11) is -1.48. The minimum atomic E-state index is -3.98. The minimum Gasteiger partial charge on any atom is -0.480 e. The van der Waals surface area contributed by atoms with Crippen molar-refractivity contribution >= 4 is 22.1 Å². The van der Waals surface area contributed by atoms with E-state index in [9.17, 15) is 18.0 Å². The number of rotatable bonds is 3. The number of aliphatic carboxylic acids is 1. The molecule has 7 nitrogen and oxygen atoms in total. The van der Waals surface area contributed by atoms with Crippen molar-refractivity contribution in [2.45, 2.75) is 18.9 Å². The van der Waals surface area contributed by atoms with Gasteiger partial charge in [0, 0.05) is 20.5 Å². The first-order valence-electron chi connectivity index (χ1n) is 4.26. The second-order valence-electron chi connectivity index (χ2n) is 3.37. The van der Waals surface area contributed by atoms with Crippen molar-refractivity contribution in [3.8, 4) is 0 Å². The molecule has 0 aromatic carbocycles. The number of amides is 1. The van der Waals surface area contributed by atoms with Crippen molar-refractivity contribution in [1.82, 2.24) is 8.61 Å². The van der Waals surface area contributed by atoms with Crippen LogP contribution in [0.3, 0.4) is 0 Å². The summed E-state index contributed by atoms with van der Waals surface area (Å²) in [5.74, 6) is -1.97. The van der Waals surface area contributed by atoms with Gasteiger partial charge in [0.05, 0.1) is 0 Å². The van der Waals surface area contributed by atoms with E-state index in [1.54, 1.807) is 0 Å². The molecule has 0 aromatic rings. The summed E-state index contributed by atoms with van der Waals surface area (Å²) >= 11 is 0. The summed E-state index contributed by atoms with van der Waals surface area (Å²) in [6.45, 7) is 0. The topological polar surface area (TPSA) is 95.0 Å². The van der Waals surface area contributed by atoms with Crippen LogP contribution in [0.25, 0.3) is 0 Å². The Morgan fingerprint density at radius 2 is 2.07 bits per heavy atom. The lowest BCUT2D eigenvalue weighted by molar-refractivity contribution is -0.143. The molecule has 1 aliphatic rings. The van der Waals surface area contributed by atoms with E-state index >= 15 is 0 Å². The predicted molar refractivity (Wildman–Crippen MR) is 50.1 cm³/mol. The van der Waals surface area contributed by atoms with Crippen LogP contribution in [0.2, 0.25) is 0 Å². The molecule has 1 aliphatic heterocycles. The van der Waals surface area contributed by atoms with Crippen LogP contribution in [0.4, 0.5) is 0 Å². The largest absolute Gasteiger partial charge is 0.480 e. The molecule has 0 aromatic heterocycles. The van der Waals surface area contributed by atoms with Crippen LogP contribution in [0, 0.1) is 0 Å². The van der Waals surface area contributed by atoms with Crippen LogP contribution in [-0.4, -0.2) is 54.1 Å². The normalized spacial score (nSPS) is 22.5. The van der Waals surface area contributed by atoms with Gasteiger partial charge in [0.2, 0.25) is 5.91 Å². The van der Waals surface area contributed by atoms with Crippen molar-refractivity contribution in [2.75, 3.05) is 14.1 Å². The zero-order chi connectivity index (χ0) is 11.8. The molecule has 1 amide bonds. The lowest BCUT2D eigenvalue weighted by Crippen LogP contribution is -2.47. The maximum atomic E-state index is 11.6. The number of hydrogen-bond donors (Lipinski definition) is 1. The number of hydrogen-bond acceptors (Lipinski definition) is 4. The molecule has 0 bridgehead atoms. The fraction of sp³-hybridized carbons (Fsp3) is 0.714. The van der Waals surface area contributed by atoms with Crippen molar-refractivity contribution in [2.24, 2.45) is 0 Å². The Kier molecular flexibility index (Phi) is 3.00. The second-order valence-corrected chi connectivity index (χ2v) is 5.39. The zero-order valence-corrected chi connectivity index (χ0v) is 9.19. The summed E-state index contributed by atoms with van der Waals surface area (Å²) in [6, 6.07) is -1.27. The molecule has 1 saturated heterocycles. The number of nitrogens with zero attached hydrogens (tertiary/aromatic N) is 2. The fourth-order valence-electron chi connectivity index (χ4n) is 1.35.